The largest absolute Gasteiger partial charge is 0.475 e. The SMILES string of the molecule is O=C(Cl)COc1cccs1. The maximum Gasteiger partial charge on any atom is 0.259 e. The number of hydrogen-bond donors (Lipinski definition) is 0. The molecule has 0 radical (unpaired) electrons. The van der Waals surface area contributed by atoms with Gasteiger partial charge in [-0.05, 0) is 29.1 Å². The van der Waals surface area contributed by atoms with Gasteiger partial charge in [0.25, 0.3) is 5.24 Å². The summed E-state index contributed by atoms with van der Waals surface area (Å²) < 4.78 is 4.94. The van der Waals surface area contributed by atoms with Gasteiger partial charge < -0.3 is 4.74 Å². The van der Waals surface area contributed by atoms with Crippen molar-refractivity contribution >= 4 is 28.2 Å². The number of carbonyl (C=O) groups is 1. The Balaban J connectivity index is 2.35. The second-order valence-corrected chi connectivity index (χ2v) is 2.91. The molecule has 0 saturated carbocycles. The fourth-order valence-electron chi connectivity index (χ4n) is 0.473. The molecule has 2 nitrogen and oxygen atoms in total. The Morgan fingerprint density at radius 3 is 3.10 bits per heavy atom. The van der Waals surface area contributed by atoms with Gasteiger partial charge in [-0.25, -0.2) is 0 Å². The van der Waals surface area contributed by atoms with Crippen molar-refractivity contribution in [1.82, 2.24) is 0 Å². The molecule has 1 aromatic rings. The van der Waals surface area contributed by atoms with Gasteiger partial charge >= 0.3 is 0 Å². The molecule has 0 fully saturated rings. The Labute approximate surface area is 67.4 Å². The van der Waals surface area contributed by atoms with Crippen LogP contribution in [0.25, 0.3) is 0 Å². The summed E-state index contributed by atoms with van der Waals surface area (Å²) in [6, 6.07) is 3.63. The van der Waals surface area contributed by atoms with Crippen molar-refractivity contribution in [3.05, 3.63) is 17.5 Å². The van der Waals surface area contributed by atoms with E-state index >= 15 is 0 Å². The highest BCUT2D eigenvalue weighted by atomic mass is 35.5. The monoisotopic (exact) mass is 176 g/mol. The molecule has 0 N–H and O–H groups in total. The Kier molecular flexibility index (Phi) is 2.71. The van der Waals surface area contributed by atoms with Gasteiger partial charge in [-0.2, -0.15) is 0 Å². The maximum atomic E-state index is 10.2. The van der Waals surface area contributed by atoms with E-state index in [1.165, 1.54) is 11.3 Å². The zero-order chi connectivity index (χ0) is 7.40. The van der Waals surface area contributed by atoms with Crippen LogP contribution in [-0.2, 0) is 4.79 Å². The molecule has 0 aliphatic carbocycles. The van der Waals surface area contributed by atoms with Crippen LogP contribution in [0, 0.1) is 0 Å². The number of rotatable bonds is 3. The molecule has 0 aromatic carbocycles. The van der Waals surface area contributed by atoms with Gasteiger partial charge in [0, 0.05) is 0 Å². The van der Waals surface area contributed by atoms with Crippen LogP contribution in [0.15, 0.2) is 17.5 Å². The maximum absolute atomic E-state index is 10.2. The molecule has 54 valence electrons. The van der Waals surface area contributed by atoms with E-state index in [2.05, 4.69) is 0 Å². The first kappa shape index (κ1) is 7.57. The fraction of sp³-hybridized carbons (Fsp3) is 0.167. The number of thiophene rings is 1. The van der Waals surface area contributed by atoms with Crippen LogP contribution in [0.2, 0.25) is 0 Å². The second kappa shape index (κ2) is 3.58. The molecule has 1 rings (SSSR count). The molecular formula is C6H5ClO2S. The van der Waals surface area contributed by atoms with Crippen LogP contribution in [0.5, 0.6) is 5.06 Å². The van der Waals surface area contributed by atoms with Crippen molar-refractivity contribution in [2.24, 2.45) is 0 Å². The van der Waals surface area contributed by atoms with Crippen LogP contribution in [0.1, 0.15) is 0 Å². The molecule has 0 aliphatic heterocycles. The zero-order valence-corrected chi connectivity index (χ0v) is 6.61. The van der Waals surface area contributed by atoms with Gasteiger partial charge in [0.15, 0.2) is 11.7 Å². The van der Waals surface area contributed by atoms with Crippen LogP contribution >= 0.6 is 22.9 Å². The lowest BCUT2D eigenvalue weighted by Crippen LogP contribution is -2.02. The molecular weight excluding hydrogens is 172 g/mol. The third-order valence-corrected chi connectivity index (χ3v) is 1.71. The minimum atomic E-state index is -0.478. The zero-order valence-electron chi connectivity index (χ0n) is 5.04. The summed E-state index contributed by atoms with van der Waals surface area (Å²) in [6.45, 7) is -0.0535. The minimum absolute atomic E-state index is 0.0535. The molecule has 10 heavy (non-hydrogen) atoms. The summed E-state index contributed by atoms with van der Waals surface area (Å²) in [5.74, 6) is 0. The van der Waals surface area contributed by atoms with Crippen LogP contribution in [-0.4, -0.2) is 11.8 Å². The number of ether oxygens (including phenoxy) is 1. The molecule has 0 unspecified atom stereocenters. The summed E-state index contributed by atoms with van der Waals surface area (Å²) in [6.07, 6.45) is 0. The van der Waals surface area contributed by atoms with Gasteiger partial charge in [0.05, 0.1) is 0 Å². The first-order chi connectivity index (χ1) is 4.79. The molecule has 1 aromatic heterocycles. The number of halogens is 1. The molecule has 0 saturated heterocycles. The summed E-state index contributed by atoms with van der Waals surface area (Å²) in [5.41, 5.74) is 0. The topological polar surface area (TPSA) is 26.3 Å². The van der Waals surface area contributed by atoms with Crippen molar-refractivity contribution < 1.29 is 9.53 Å². The van der Waals surface area contributed by atoms with E-state index in [1.807, 2.05) is 11.4 Å². The average molecular weight is 177 g/mol. The van der Waals surface area contributed by atoms with E-state index in [4.69, 9.17) is 16.3 Å². The third kappa shape index (κ3) is 2.37. The van der Waals surface area contributed by atoms with Crippen LogP contribution in [0.4, 0.5) is 0 Å². The van der Waals surface area contributed by atoms with Gasteiger partial charge in [0.2, 0.25) is 0 Å². The minimum Gasteiger partial charge on any atom is -0.475 e. The summed E-state index contributed by atoms with van der Waals surface area (Å²) in [5, 5.41) is 2.11. The average Bonchev–Trinajstić information content (AvgIpc) is 2.34. The predicted molar refractivity (Wildman–Crippen MR) is 40.7 cm³/mol. The first-order valence-corrected chi connectivity index (χ1v) is 3.89. The van der Waals surface area contributed by atoms with Gasteiger partial charge in [-0.3, -0.25) is 4.79 Å². The Bertz CT molecular complexity index is 208. The highest BCUT2D eigenvalue weighted by Gasteiger charge is 1.97. The highest BCUT2D eigenvalue weighted by molar-refractivity contribution is 7.11. The van der Waals surface area contributed by atoms with Gasteiger partial charge in [-0.1, -0.05) is 0 Å². The van der Waals surface area contributed by atoms with Gasteiger partial charge in [0.1, 0.15) is 0 Å². The Morgan fingerprint density at radius 2 is 2.60 bits per heavy atom. The van der Waals surface area contributed by atoms with Crippen LogP contribution < -0.4 is 4.74 Å². The van der Waals surface area contributed by atoms with Crippen LogP contribution in [0.3, 0.4) is 0 Å². The molecule has 0 amide bonds. The lowest BCUT2D eigenvalue weighted by Gasteiger charge is -1.95. The lowest BCUT2D eigenvalue weighted by molar-refractivity contribution is -0.113. The Hall–Kier alpha value is -0.540. The molecule has 1 heterocycles. The van der Waals surface area contributed by atoms with E-state index in [0.717, 1.165) is 0 Å². The number of hydrogen-bond acceptors (Lipinski definition) is 3. The quantitative estimate of drug-likeness (QED) is 0.658. The fourth-order valence-corrected chi connectivity index (χ4v) is 1.10. The molecule has 0 atom stereocenters. The predicted octanol–water partition coefficient (Wildman–Crippen LogP) is 1.89. The van der Waals surface area contributed by atoms with E-state index in [0.29, 0.717) is 5.06 Å². The third-order valence-electron chi connectivity index (χ3n) is 0.823. The molecule has 0 bridgehead atoms. The summed E-state index contributed by atoms with van der Waals surface area (Å²) in [7, 11) is 0. The molecule has 0 aliphatic rings. The Morgan fingerprint density at radius 1 is 1.80 bits per heavy atom. The van der Waals surface area contributed by atoms with E-state index in [-0.39, 0.29) is 6.61 Å². The van der Waals surface area contributed by atoms with Crippen molar-refractivity contribution in [3.8, 4) is 5.06 Å². The van der Waals surface area contributed by atoms with E-state index in [1.54, 1.807) is 6.07 Å². The molecule has 4 heteroatoms. The first-order valence-electron chi connectivity index (χ1n) is 2.63. The lowest BCUT2D eigenvalue weighted by atomic mass is 10.6. The van der Waals surface area contributed by atoms with Crippen molar-refractivity contribution in [1.29, 1.82) is 0 Å². The molecule has 0 spiro atoms. The highest BCUT2D eigenvalue weighted by Crippen LogP contribution is 2.17. The van der Waals surface area contributed by atoms with Crippen molar-refractivity contribution in [2.45, 2.75) is 0 Å². The van der Waals surface area contributed by atoms with E-state index < -0.39 is 5.24 Å². The second-order valence-electron chi connectivity index (χ2n) is 1.58. The summed E-state index contributed by atoms with van der Waals surface area (Å²) in [4.78, 5) is 10.2. The number of carbonyl (C=O) groups excluding carboxylic acids is 1. The van der Waals surface area contributed by atoms with Gasteiger partial charge in [-0.15, -0.1) is 11.3 Å². The van der Waals surface area contributed by atoms with Crippen molar-refractivity contribution in [2.75, 3.05) is 6.61 Å². The smallest absolute Gasteiger partial charge is 0.259 e. The van der Waals surface area contributed by atoms with Crippen molar-refractivity contribution in [3.63, 3.8) is 0 Å². The normalized spacial score (nSPS) is 9.30. The standard InChI is InChI=1S/C6H5ClO2S/c7-5(8)4-9-6-2-1-3-10-6/h1-3H,4H2. The van der Waals surface area contributed by atoms with E-state index in [9.17, 15) is 4.79 Å². The summed E-state index contributed by atoms with van der Waals surface area (Å²) >= 11 is 6.47.